The molecule has 1 aliphatic carbocycles. The molecule has 2 fully saturated rings. The first kappa shape index (κ1) is 24.9. The molecule has 5 rings (SSSR count). The van der Waals surface area contributed by atoms with Crippen molar-refractivity contribution in [1.82, 2.24) is 35.4 Å². The van der Waals surface area contributed by atoms with Crippen LogP contribution in [0.4, 0.5) is 0 Å². The van der Waals surface area contributed by atoms with E-state index in [2.05, 4.69) is 64.7 Å². The highest BCUT2D eigenvalue weighted by Gasteiger charge is 2.32. The number of carbonyl (C=O) groups excluding carboxylic acids is 1. The largest absolute Gasteiger partial charge is 0.375 e. The van der Waals surface area contributed by atoms with Gasteiger partial charge >= 0.3 is 0 Å². The van der Waals surface area contributed by atoms with Gasteiger partial charge in [0.25, 0.3) is 5.91 Å². The zero-order chi connectivity index (χ0) is 25.4. The second-order valence-electron chi connectivity index (χ2n) is 11.4. The van der Waals surface area contributed by atoms with Gasteiger partial charge in [0, 0.05) is 42.1 Å². The molecule has 0 radical (unpaired) electrons. The predicted octanol–water partition coefficient (Wildman–Crippen LogP) is 4.14. The lowest BCUT2D eigenvalue weighted by atomic mass is 9.88. The fourth-order valence-electron chi connectivity index (χ4n) is 5.90. The minimum atomic E-state index is -0.0951. The van der Waals surface area contributed by atoms with E-state index in [0.29, 0.717) is 17.8 Å². The van der Waals surface area contributed by atoms with Gasteiger partial charge in [0.1, 0.15) is 6.33 Å². The first-order chi connectivity index (χ1) is 17.2. The Morgan fingerprint density at radius 1 is 1.17 bits per heavy atom. The standard InChI is InChI=1S/C27H39N7O2/c1-16(2)22-23(18-12-17(3)25-28-15-29-34(25)14-18)32-33-24(22)26(35)31-20-8-6-19(7-9-20)30-21-10-11-36-27(4,5)13-21/h12,14-16,19-21,30H,6-11,13H2,1-5H3,(H,31,35)(H,32,33). The van der Waals surface area contributed by atoms with Crippen LogP contribution in [0.25, 0.3) is 16.9 Å². The van der Waals surface area contributed by atoms with E-state index >= 15 is 0 Å². The Kier molecular flexibility index (Phi) is 6.87. The molecule has 1 saturated carbocycles. The summed E-state index contributed by atoms with van der Waals surface area (Å²) >= 11 is 0. The number of nitrogens with zero attached hydrogens (tertiary/aromatic N) is 4. The topological polar surface area (TPSA) is 109 Å². The number of H-pyrrole nitrogens is 1. The van der Waals surface area contributed by atoms with Crippen LogP contribution in [0.5, 0.6) is 0 Å². The van der Waals surface area contributed by atoms with E-state index < -0.39 is 0 Å². The molecular formula is C27H39N7O2. The molecule has 1 amide bonds. The fraction of sp³-hybridized carbons (Fsp3) is 0.630. The molecule has 3 aromatic heterocycles. The van der Waals surface area contributed by atoms with Crippen LogP contribution in [-0.4, -0.2) is 61.0 Å². The molecule has 36 heavy (non-hydrogen) atoms. The average molecular weight is 494 g/mol. The highest BCUT2D eigenvalue weighted by molar-refractivity contribution is 5.96. The third-order valence-electron chi connectivity index (χ3n) is 7.68. The molecule has 3 aromatic rings. The maximum atomic E-state index is 13.3. The number of ether oxygens (including phenoxy) is 1. The van der Waals surface area contributed by atoms with Crippen LogP contribution in [0, 0.1) is 6.92 Å². The number of nitrogens with one attached hydrogen (secondary N) is 3. The number of fused-ring (bicyclic) bond motifs is 1. The van der Waals surface area contributed by atoms with Crippen molar-refractivity contribution in [3.05, 3.63) is 35.4 Å². The SMILES string of the molecule is Cc1cc(-c2[nH]nc(C(=O)NC3CCC(NC4CCOC(C)(C)C4)CC3)c2C(C)C)cn2ncnc12. The Bertz CT molecular complexity index is 1220. The van der Waals surface area contributed by atoms with Gasteiger partial charge in [-0.15, -0.1) is 0 Å². The monoisotopic (exact) mass is 493 g/mol. The maximum absolute atomic E-state index is 13.3. The summed E-state index contributed by atoms with van der Waals surface area (Å²) in [6.07, 6.45) is 9.71. The van der Waals surface area contributed by atoms with Gasteiger partial charge in [0.2, 0.25) is 0 Å². The van der Waals surface area contributed by atoms with Crippen LogP contribution < -0.4 is 10.6 Å². The van der Waals surface area contributed by atoms with Crippen molar-refractivity contribution in [2.75, 3.05) is 6.61 Å². The van der Waals surface area contributed by atoms with Gasteiger partial charge in [-0.1, -0.05) is 13.8 Å². The molecule has 4 heterocycles. The number of carbonyl (C=O) groups is 1. The van der Waals surface area contributed by atoms with E-state index in [4.69, 9.17) is 4.74 Å². The number of hydrogen-bond donors (Lipinski definition) is 3. The Labute approximate surface area is 212 Å². The average Bonchev–Trinajstić information content (AvgIpc) is 3.47. The normalized spacial score (nSPS) is 24.3. The number of aromatic amines is 1. The lowest BCUT2D eigenvalue weighted by Crippen LogP contribution is -2.49. The molecule has 9 nitrogen and oxygen atoms in total. The van der Waals surface area contributed by atoms with Crippen molar-refractivity contribution in [2.24, 2.45) is 0 Å². The van der Waals surface area contributed by atoms with Gasteiger partial charge in [-0.3, -0.25) is 9.89 Å². The van der Waals surface area contributed by atoms with Crippen molar-refractivity contribution in [2.45, 2.75) is 103 Å². The molecule has 3 N–H and O–H groups in total. The molecular weight excluding hydrogens is 454 g/mol. The van der Waals surface area contributed by atoms with Crippen molar-refractivity contribution >= 4 is 11.6 Å². The minimum absolute atomic E-state index is 0.0443. The van der Waals surface area contributed by atoms with E-state index in [9.17, 15) is 4.79 Å². The minimum Gasteiger partial charge on any atom is -0.375 e. The molecule has 9 heteroatoms. The molecule has 2 aliphatic rings. The van der Waals surface area contributed by atoms with Crippen molar-refractivity contribution < 1.29 is 9.53 Å². The smallest absolute Gasteiger partial charge is 0.272 e. The van der Waals surface area contributed by atoms with E-state index in [1.807, 2.05) is 13.1 Å². The molecule has 1 unspecified atom stereocenters. The van der Waals surface area contributed by atoms with Gasteiger partial charge < -0.3 is 15.4 Å². The molecule has 1 atom stereocenters. The van der Waals surface area contributed by atoms with Gasteiger partial charge in [0.15, 0.2) is 11.3 Å². The van der Waals surface area contributed by atoms with E-state index in [0.717, 1.165) is 73.2 Å². The van der Waals surface area contributed by atoms with Crippen molar-refractivity contribution in [1.29, 1.82) is 0 Å². The Morgan fingerprint density at radius 2 is 1.92 bits per heavy atom. The molecule has 1 aliphatic heterocycles. The summed E-state index contributed by atoms with van der Waals surface area (Å²) in [5, 5.41) is 19.0. The first-order valence-corrected chi connectivity index (χ1v) is 13.3. The summed E-state index contributed by atoms with van der Waals surface area (Å²) in [4.78, 5) is 17.6. The van der Waals surface area contributed by atoms with Crippen molar-refractivity contribution in [3.63, 3.8) is 0 Å². The third kappa shape index (κ3) is 5.18. The third-order valence-corrected chi connectivity index (χ3v) is 7.68. The quantitative estimate of drug-likeness (QED) is 0.476. The molecule has 1 saturated heterocycles. The number of aryl methyl sites for hydroxylation is 1. The van der Waals surface area contributed by atoms with Crippen LogP contribution in [0.3, 0.4) is 0 Å². The maximum Gasteiger partial charge on any atom is 0.272 e. The van der Waals surface area contributed by atoms with E-state index in [1.54, 1.807) is 10.8 Å². The Hall–Kier alpha value is -2.78. The summed E-state index contributed by atoms with van der Waals surface area (Å²) in [5.41, 5.74) is 5.04. The van der Waals surface area contributed by atoms with Crippen molar-refractivity contribution in [3.8, 4) is 11.3 Å². The Balaban J connectivity index is 1.24. The Morgan fingerprint density at radius 3 is 2.64 bits per heavy atom. The van der Waals surface area contributed by atoms with Crippen LogP contribution in [0.2, 0.25) is 0 Å². The van der Waals surface area contributed by atoms with Crippen LogP contribution >= 0.6 is 0 Å². The molecule has 0 bridgehead atoms. The molecule has 194 valence electrons. The lowest BCUT2D eigenvalue weighted by Gasteiger charge is -2.39. The highest BCUT2D eigenvalue weighted by atomic mass is 16.5. The summed E-state index contributed by atoms with van der Waals surface area (Å²) in [6.45, 7) is 11.4. The molecule has 0 spiro atoms. The zero-order valence-electron chi connectivity index (χ0n) is 22.1. The predicted molar refractivity (Wildman–Crippen MR) is 139 cm³/mol. The second kappa shape index (κ2) is 9.94. The summed E-state index contributed by atoms with van der Waals surface area (Å²) in [5.74, 6) is 0.0391. The van der Waals surface area contributed by atoms with E-state index in [1.165, 1.54) is 0 Å². The summed E-state index contributed by atoms with van der Waals surface area (Å²) < 4.78 is 7.63. The van der Waals surface area contributed by atoms with Crippen LogP contribution in [0.15, 0.2) is 18.6 Å². The van der Waals surface area contributed by atoms with E-state index in [-0.39, 0.29) is 23.5 Å². The number of amides is 1. The van der Waals surface area contributed by atoms with Crippen LogP contribution in [0.1, 0.15) is 93.8 Å². The second-order valence-corrected chi connectivity index (χ2v) is 11.4. The number of hydrogen-bond acceptors (Lipinski definition) is 6. The van der Waals surface area contributed by atoms with Gasteiger partial charge in [-0.05, 0) is 76.8 Å². The summed E-state index contributed by atoms with van der Waals surface area (Å²) in [6, 6.07) is 3.27. The fourth-order valence-corrected chi connectivity index (χ4v) is 5.90. The highest BCUT2D eigenvalue weighted by Crippen LogP contribution is 2.32. The lowest BCUT2D eigenvalue weighted by molar-refractivity contribution is -0.0647. The number of pyridine rings is 1. The van der Waals surface area contributed by atoms with Gasteiger partial charge in [-0.2, -0.15) is 10.2 Å². The number of rotatable bonds is 6. The number of aromatic nitrogens is 5. The zero-order valence-corrected chi connectivity index (χ0v) is 22.1. The molecule has 0 aromatic carbocycles. The van der Waals surface area contributed by atoms with Gasteiger partial charge in [0.05, 0.1) is 11.3 Å². The summed E-state index contributed by atoms with van der Waals surface area (Å²) in [7, 11) is 0. The van der Waals surface area contributed by atoms with Crippen LogP contribution in [-0.2, 0) is 4.74 Å². The van der Waals surface area contributed by atoms with Gasteiger partial charge in [-0.25, -0.2) is 9.50 Å². The first-order valence-electron chi connectivity index (χ1n) is 13.3.